The van der Waals surface area contributed by atoms with Crippen LogP contribution >= 0.6 is 0 Å². The van der Waals surface area contributed by atoms with Gasteiger partial charge in [0, 0.05) is 30.1 Å². The van der Waals surface area contributed by atoms with E-state index in [4.69, 9.17) is 4.74 Å². The number of benzene rings is 2. The van der Waals surface area contributed by atoms with Gasteiger partial charge in [0.05, 0.1) is 19.1 Å². The zero-order valence-corrected chi connectivity index (χ0v) is 17.6. The van der Waals surface area contributed by atoms with Crippen molar-refractivity contribution in [3.63, 3.8) is 0 Å². The second-order valence-corrected chi connectivity index (χ2v) is 8.34. The van der Waals surface area contributed by atoms with E-state index in [2.05, 4.69) is 9.71 Å². The van der Waals surface area contributed by atoms with Gasteiger partial charge in [-0.3, -0.25) is 9.36 Å². The first kappa shape index (κ1) is 21.5. The van der Waals surface area contributed by atoms with Crippen molar-refractivity contribution in [3.8, 4) is 17.0 Å². The second-order valence-electron chi connectivity index (χ2n) is 6.69. The van der Waals surface area contributed by atoms with Crippen LogP contribution in [-0.2, 0) is 16.6 Å². The fraction of sp³-hybridized carbons (Fsp3) is 0.182. The molecule has 2 aromatic carbocycles. The predicted octanol–water partition coefficient (Wildman–Crippen LogP) is 2.82. The number of hydrogen-bond acceptors (Lipinski definition) is 5. The molecule has 3 rings (SSSR count). The number of aromatic nitrogens is 2. The van der Waals surface area contributed by atoms with Gasteiger partial charge in [-0.15, -0.1) is 0 Å². The van der Waals surface area contributed by atoms with Crippen LogP contribution < -0.4 is 15.0 Å². The summed E-state index contributed by atoms with van der Waals surface area (Å²) in [5, 5.41) is 1.12. The van der Waals surface area contributed by atoms with Crippen LogP contribution in [0.15, 0.2) is 71.1 Å². The lowest BCUT2D eigenvalue weighted by molar-refractivity contribution is 0.415. The third kappa shape index (κ3) is 5.88. The van der Waals surface area contributed by atoms with E-state index >= 15 is 0 Å². The van der Waals surface area contributed by atoms with Crippen molar-refractivity contribution in [2.45, 2.75) is 13.5 Å². The van der Waals surface area contributed by atoms with Crippen molar-refractivity contribution in [1.29, 1.82) is 0 Å². The maximum absolute atomic E-state index is 12.3. The Morgan fingerprint density at radius 1 is 1.10 bits per heavy atom. The number of ether oxygens (including phenoxy) is 1. The minimum absolute atomic E-state index is 0.0735. The SMILES string of the molecule is COc1ccc(-c2cc(=O)n(CCNS(=O)(=O)/C=C/c3ccc(C)cc3)cn2)cc1. The van der Waals surface area contributed by atoms with Crippen molar-refractivity contribution in [1.82, 2.24) is 14.3 Å². The van der Waals surface area contributed by atoms with Gasteiger partial charge >= 0.3 is 0 Å². The summed E-state index contributed by atoms with van der Waals surface area (Å²) < 4.78 is 33.2. The van der Waals surface area contributed by atoms with Crippen LogP contribution in [0, 0.1) is 6.92 Å². The molecule has 156 valence electrons. The molecule has 30 heavy (non-hydrogen) atoms. The minimum Gasteiger partial charge on any atom is -0.497 e. The van der Waals surface area contributed by atoms with Gasteiger partial charge in [-0.25, -0.2) is 18.1 Å². The number of aryl methyl sites for hydroxylation is 1. The van der Waals surface area contributed by atoms with E-state index in [1.54, 1.807) is 19.2 Å². The first-order chi connectivity index (χ1) is 14.4. The van der Waals surface area contributed by atoms with Crippen LogP contribution in [-0.4, -0.2) is 31.6 Å². The molecule has 0 saturated carbocycles. The Balaban J connectivity index is 1.60. The number of nitrogens with one attached hydrogen (secondary N) is 1. The van der Waals surface area contributed by atoms with E-state index in [9.17, 15) is 13.2 Å². The summed E-state index contributed by atoms with van der Waals surface area (Å²) >= 11 is 0. The van der Waals surface area contributed by atoms with E-state index in [1.165, 1.54) is 23.0 Å². The Morgan fingerprint density at radius 2 is 1.80 bits per heavy atom. The molecular weight excluding hydrogens is 402 g/mol. The lowest BCUT2D eigenvalue weighted by Gasteiger charge is -2.08. The summed E-state index contributed by atoms with van der Waals surface area (Å²) in [4.78, 5) is 16.6. The van der Waals surface area contributed by atoms with E-state index in [0.29, 0.717) is 5.69 Å². The molecule has 1 heterocycles. The van der Waals surface area contributed by atoms with E-state index in [-0.39, 0.29) is 18.6 Å². The van der Waals surface area contributed by atoms with Gasteiger partial charge in [-0.05, 0) is 42.8 Å². The lowest BCUT2D eigenvalue weighted by atomic mass is 10.1. The Morgan fingerprint density at radius 3 is 2.43 bits per heavy atom. The first-order valence-electron chi connectivity index (χ1n) is 9.32. The number of sulfonamides is 1. The average molecular weight is 426 g/mol. The normalized spacial score (nSPS) is 11.7. The molecule has 8 heteroatoms. The van der Waals surface area contributed by atoms with Crippen LogP contribution in [0.25, 0.3) is 17.3 Å². The van der Waals surface area contributed by atoms with Crippen LogP contribution in [0.5, 0.6) is 5.75 Å². The summed E-state index contributed by atoms with van der Waals surface area (Å²) in [5.74, 6) is 0.718. The van der Waals surface area contributed by atoms with Gasteiger partial charge in [-0.2, -0.15) is 0 Å². The van der Waals surface area contributed by atoms with Gasteiger partial charge in [0.25, 0.3) is 5.56 Å². The van der Waals surface area contributed by atoms with E-state index in [0.717, 1.165) is 27.8 Å². The summed E-state index contributed by atoms with van der Waals surface area (Å²) in [6.45, 7) is 2.21. The molecule has 0 atom stereocenters. The van der Waals surface area contributed by atoms with Gasteiger partial charge in [0.2, 0.25) is 10.0 Å². The molecule has 0 aliphatic heterocycles. The smallest absolute Gasteiger partial charge is 0.253 e. The molecule has 0 bridgehead atoms. The maximum Gasteiger partial charge on any atom is 0.253 e. The molecule has 0 fully saturated rings. The summed E-state index contributed by atoms with van der Waals surface area (Å²) in [7, 11) is -2.02. The number of rotatable bonds is 8. The third-order valence-corrected chi connectivity index (χ3v) is 5.54. The Labute approximate surface area is 175 Å². The molecule has 0 spiro atoms. The van der Waals surface area contributed by atoms with Crippen molar-refractivity contribution < 1.29 is 13.2 Å². The molecule has 0 aliphatic carbocycles. The van der Waals surface area contributed by atoms with Gasteiger partial charge < -0.3 is 4.74 Å². The van der Waals surface area contributed by atoms with Gasteiger partial charge in [0.1, 0.15) is 5.75 Å². The molecule has 3 aromatic rings. The van der Waals surface area contributed by atoms with Gasteiger partial charge in [-0.1, -0.05) is 29.8 Å². The van der Waals surface area contributed by atoms with Crippen molar-refractivity contribution >= 4 is 16.1 Å². The lowest BCUT2D eigenvalue weighted by Crippen LogP contribution is -2.29. The average Bonchev–Trinajstić information content (AvgIpc) is 2.74. The fourth-order valence-electron chi connectivity index (χ4n) is 2.72. The zero-order valence-electron chi connectivity index (χ0n) is 16.8. The number of nitrogens with zero attached hydrogens (tertiary/aromatic N) is 2. The van der Waals surface area contributed by atoms with Crippen LogP contribution in [0.1, 0.15) is 11.1 Å². The molecule has 7 nitrogen and oxygen atoms in total. The number of methoxy groups -OCH3 is 1. The number of hydrogen-bond donors (Lipinski definition) is 1. The van der Waals surface area contributed by atoms with Crippen molar-refractivity contribution in [2.75, 3.05) is 13.7 Å². The molecule has 0 unspecified atom stereocenters. The Hall–Kier alpha value is -3.23. The zero-order chi connectivity index (χ0) is 21.6. The van der Waals surface area contributed by atoms with E-state index < -0.39 is 10.0 Å². The highest BCUT2D eigenvalue weighted by atomic mass is 32.2. The first-order valence-corrected chi connectivity index (χ1v) is 10.9. The molecule has 0 radical (unpaired) electrons. The quantitative estimate of drug-likeness (QED) is 0.599. The Bertz CT molecular complexity index is 1180. The molecule has 0 saturated heterocycles. The van der Waals surface area contributed by atoms with Crippen molar-refractivity contribution in [3.05, 3.63) is 87.8 Å². The molecule has 0 aliphatic rings. The van der Waals surface area contributed by atoms with Crippen LogP contribution in [0.2, 0.25) is 0 Å². The van der Waals surface area contributed by atoms with Gasteiger partial charge in [0.15, 0.2) is 0 Å². The minimum atomic E-state index is -3.61. The second kappa shape index (κ2) is 9.51. The Kier molecular flexibility index (Phi) is 6.81. The summed E-state index contributed by atoms with van der Waals surface area (Å²) in [5.41, 5.74) is 2.97. The summed E-state index contributed by atoms with van der Waals surface area (Å²) in [6.07, 6.45) is 2.94. The molecule has 1 aromatic heterocycles. The molecule has 1 N–H and O–H groups in total. The van der Waals surface area contributed by atoms with E-state index in [1.807, 2.05) is 43.3 Å². The summed E-state index contributed by atoms with van der Waals surface area (Å²) in [6, 6.07) is 16.2. The molecule has 0 amide bonds. The largest absolute Gasteiger partial charge is 0.497 e. The van der Waals surface area contributed by atoms with Crippen LogP contribution in [0.4, 0.5) is 0 Å². The molecular formula is C22H23N3O4S. The van der Waals surface area contributed by atoms with Crippen LogP contribution in [0.3, 0.4) is 0 Å². The fourth-order valence-corrected chi connectivity index (χ4v) is 3.52. The third-order valence-electron chi connectivity index (χ3n) is 4.44. The highest BCUT2D eigenvalue weighted by Gasteiger charge is 2.07. The topological polar surface area (TPSA) is 90.3 Å². The standard InChI is InChI=1S/C22H23N3O4S/c1-17-3-5-18(6-4-17)11-14-30(27,28)24-12-13-25-16-23-21(15-22(25)26)19-7-9-20(29-2)10-8-19/h3-11,14-16,24H,12-13H2,1-2H3/b14-11+. The highest BCUT2D eigenvalue weighted by molar-refractivity contribution is 7.92. The maximum atomic E-state index is 12.3. The monoisotopic (exact) mass is 425 g/mol. The highest BCUT2D eigenvalue weighted by Crippen LogP contribution is 2.19. The van der Waals surface area contributed by atoms with Crippen molar-refractivity contribution in [2.24, 2.45) is 0 Å². The predicted molar refractivity (Wildman–Crippen MR) is 118 cm³/mol.